The van der Waals surface area contributed by atoms with Gasteiger partial charge in [0.05, 0.1) is 11.6 Å². The Balaban J connectivity index is 1.87. The van der Waals surface area contributed by atoms with Gasteiger partial charge in [0.15, 0.2) is 6.61 Å². The van der Waals surface area contributed by atoms with Crippen LogP contribution in [0, 0.1) is 13.8 Å². The van der Waals surface area contributed by atoms with E-state index >= 15 is 0 Å². The molecule has 0 fully saturated rings. The predicted molar refractivity (Wildman–Crippen MR) is 103 cm³/mol. The van der Waals surface area contributed by atoms with Gasteiger partial charge in [0.2, 0.25) is 0 Å². The molecule has 138 valence electrons. The molecular weight excluding hydrogens is 326 g/mol. The van der Waals surface area contributed by atoms with Crippen LogP contribution >= 0.6 is 0 Å². The normalized spacial score (nSPS) is 11.9. The maximum atomic E-state index is 12.1. The molecule has 4 nitrogen and oxygen atoms in total. The van der Waals surface area contributed by atoms with Crippen LogP contribution in [-0.2, 0) is 9.53 Å². The standard InChI is InChI=1S/C22H27NO3/c1-14(2)18-8-10-19(11-9-18)22(25)26-13-21(24)23-17(5)20-7-6-15(3)16(4)12-20/h6-12,14,17H,13H2,1-5H3,(H,23,24)/t17-/m0/s1. The van der Waals surface area contributed by atoms with Gasteiger partial charge in [-0.25, -0.2) is 4.79 Å². The Labute approximate surface area is 155 Å². The van der Waals surface area contributed by atoms with E-state index in [-0.39, 0.29) is 18.6 Å². The van der Waals surface area contributed by atoms with Crippen LogP contribution in [-0.4, -0.2) is 18.5 Å². The summed E-state index contributed by atoms with van der Waals surface area (Å²) < 4.78 is 5.12. The number of benzene rings is 2. The van der Waals surface area contributed by atoms with Crippen molar-refractivity contribution < 1.29 is 14.3 Å². The van der Waals surface area contributed by atoms with Crippen molar-refractivity contribution in [2.24, 2.45) is 0 Å². The first kappa shape index (κ1) is 19.7. The van der Waals surface area contributed by atoms with Gasteiger partial charge in [-0.3, -0.25) is 4.79 Å². The Morgan fingerprint density at radius 1 is 0.923 bits per heavy atom. The average molecular weight is 353 g/mol. The Bertz CT molecular complexity index is 778. The number of carbonyl (C=O) groups excluding carboxylic acids is 2. The van der Waals surface area contributed by atoms with Gasteiger partial charge in [-0.05, 0) is 61.1 Å². The van der Waals surface area contributed by atoms with Gasteiger partial charge in [0, 0.05) is 0 Å². The van der Waals surface area contributed by atoms with Crippen LogP contribution < -0.4 is 5.32 Å². The van der Waals surface area contributed by atoms with E-state index in [0.717, 1.165) is 11.1 Å². The Hall–Kier alpha value is -2.62. The second kappa shape index (κ2) is 8.65. The molecule has 0 bridgehead atoms. The van der Waals surface area contributed by atoms with Gasteiger partial charge >= 0.3 is 5.97 Å². The molecule has 0 heterocycles. The fourth-order valence-electron chi connectivity index (χ4n) is 2.62. The third-order valence-corrected chi connectivity index (χ3v) is 4.56. The van der Waals surface area contributed by atoms with Crippen molar-refractivity contribution >= 4 is 11.9 Å². The van der Waals surface area contributed by atoms with Crippen LogP contribution in [0.2, 0.25) is 0 Å². The lowest BCUT2D eigenvalue weighted by molar-refractivity contribution is -0.124. The largest absolute Gasteiger partial charge is 0.452 e. The summed E-state index contributed by atoms with van der Waals surface area (Å²) in [6.45, 7) is 9.90. The summed E-state index contributed by atoms with van der Waals surface area (Å²) in [6.07, 6.45) is 0. The zero-order chi connectivity index (χ0) is 19.3. The van der Waals surface area contributed by atoms with E-state index in [2.05, 4.69) is 32.2 Å². The fraction of sp³-hybridized carbons (Fsp3) is 0.364. The maximum absolute atomic E-state index is 12.1. The Morgan fingerprint density at radius 3 is 2.12 bits per heavy atom. The highest BCUT2D eigenvalue weighted by Crippen LogP contribution is 2.17. The third kappa shape index (κ3) is 5.19. The molecule has 0 spiro atoms. The zero-order valence-corrected chi connectivity index (χ0v) is 16.1. The molecule has 1 amide bonds. The average Bonchev–Trinajstić information content (AvgIpc) is 2.62. The molecule has 0 unspecified atom stereocenters. The quantitative estimate of drug-likeness (QED) is 0.780. The molecule has 26 heavy (non-hydrogen) atoms. The van der Waals surface area contributed by atoms with E-state index in [4.69, 9.17) is 4.74 Å². The summed E-state index contributed by atoms with van der Waals surface area (Å²) in [4.78, 5) is 24.1. The van der Waals surface area contributed by atoms with E-state index in [0.29, 0.717) is 11.5 Å². The molecule has 0 aliphatic heterocycles. The number of rotatable bonds is 6. The lowest BCUT2D eigenvalue weighted by Crippen LogP contribution is -2.31. The summed E-state index contributed by atoms with van der Waals surface area (Å²) in [5.41, 5.74) is 5.02. The lowest BCUT2D eigenvalue weighted by Gasteiger charge is -2.16. The number of amides is 1. The van der Waals surface area contributed by atoms with Crippen molar-refractivity contribution in [2.45, 2.75) is 46.6 Å². The Morgan fingerprint density at radius 2 is 1.54 bits per heavy atom. The molecule has 2 aromatic carbocycles. The molecule has 0 aliphatic rings. The van der Waals surface area contributed by atoms with Gasteiger partial charge in [0.25, 0.3) is 5.91 Å². The van der Waals surface area contributed by atoms with Crippen LogP contribution in [0.4, 0.5) is 0 Å². The molecule has 0 saturated heterocycles. The summed E-state index contributed by atoms with van der Waals surface area (Å²) in [7, 11) is 0. The smallest absolute Gasteiger partial charge is 0.338 e. The minimum atomic E-state index is -0.491. The molecule has 0 aromatic heterocycles. The van der Waals surface area contributed by atoms with E-state index in [1.54, 1.807) is 12.1 Å². The van der Waals surface area contributed by atoms with Crippen molar-refractivity contribution in [2.75, 3.05) is 6.61 Å². The van der Waals surface area contributed by atoms with Gasteiger partial charge in [-0.15, -0.1) is 0 Å². The number of esters is 1. The van der Waals surface area contributed by atoms with Gasteiger partial charge in [-0.2, -0.15) is 0 Å². The fourth-order valence-corrected chi connectivity index (χ4v) is 2.62. The van der Waals surface area contributed by atoms with Gasteiger partial charge < -0.3 is 10.1 Å². The predicted octanol–water partition coefficient (Wildman–Crippen LogP) is 4.46. The van der Waals surface area contributed by atoms with E-state index < -0.39 is 5.97 Å². The monoisotopic (exact) mass is 353 g/mol. The molecular formula is C22H27NO3. The Kier molecular flexibility index (Phi) is 6.56. The van der Waals surface area contributed by atoms with Gasteiger partial charge in [0.1, 0.15) is 0 Å². The van der Waals surface area contributed by atoms with Crippen LogP contribution in [0.15, 0.2) is 42.5 Å². The minimum Gasteiger partial charge on any atom is -0.452 e. The topological polar surface area (TPSA) is 55.4 Å². The van der Waals surface area contributed by atoms with E-state index in [9.17, 15) is 9.59 Å². The second-order valence-electron chi connectivity index (χ2n) is 6.99. The third-order valence-electron chi connectivity index (χ3n) is 4.56. The maximum Gasteiger partial charge on any atom is 0.338 e. The van der Waals surface area contributed by atoms with Crippen molar-refractivity contribution in [3.63, 3.8) is 0 Å². The second-order valence-corrected chi connectivity index (χ2v) is 6.99. The molecule has 2 aromatic rings. The van der Waals surface area contributed by atoms with Crippen molar-refractivity contribution in [3.05, 3.63) is 70.3 Å². The SMILES string of the molecule is Cc1ccc([C@H](C)NC(=O)COC(=O)c2ccc(C(C)C)cc2)cc1C. The number of aryl methyl sites for hydroxylation is 2. The molecule has 0 radical (unpaired) electrons. The molecule has 4 heteroatoms. The highest BCUT2D eigenvalue weighted by Gasteiger charge is 2.14. The summed E-state index contributed by atoms with van der Waals surface area (Å²) in [5.74, 6) is -0.407. The zero-order valence-electron chi connectivity index (χ0n) is 16.1. The van der Waals surface area contributed by atoms with Crippen molar-refractivity contribution in [1.29, 1.82) is 0 Å². The van der Waals surface area contributed by atoms with Crippen molar-refractivity contribution in [1.82, 2.24) is 5.32 Å². The molecule has 1 atom stereocenters. The summed E-state index contributed by atoms with van der Waals surface area (Å²) in [6, 6.07) is 13.2. The molecule has 0 aliphatic carbocycles. The first-order chi connectivity index (χ1) is 12.3. The highest BCUT2D eigenvalue weighted by molar-refractivity contribution is 5.91. The number of hydrogen-bond acceptors (Lipinski definition) is 3. The first-order valence-electron chi connectivity index (χ1n) is 8.91. The number of hydrogen-bond donors (Lipinski definition) is 1. The van der Waals surface area contributed by atoms with E-state index in [1.807, 2.05) is 38.1 Å². The number of ether oxygens (including phenoxy) is 1. The van der Waals surface area contributed by atoms with Crippen LogP contribution in [0.5, 0.6) is 0 Å². The summed E-state index contributed by atoms with van der Waals surface area (Å²) >= 11 is 0. The van der Waals surface area contributed by atoms with Crippen LogP contribution in [0.25, 0.3) is 0 Å². The molecule has 1 N–H and O–H groups in total. The summed E-state index contributed by atoms with van der Waals surface area (Å²) in [5, 5.41) is 2.86. The molecule has 2 rings (SSSR count). The first-order valence-corrected chi connectivity index (χ1v) is 8.91. The minimum absolute atomic E-state index is 0.147. The number of nitrogens with one attached hydrogen (secondary N) is 1. The van der Waals surface area contributed by atoms with Crippen LogP contribution in [0.3, 0.4) is 0 Å². The van der Waals surface area contributed by atoms with E-state index in [1.165, 1.54) is 11.1 Å². The van der Waals surface area contributed by atoms with Gasteiger partial charge in [-0.1, -0.05) is 44.2 Å². The van der Waals surface area contributed by atoms with Crippen molar-refractivity contribution in [3.8, 4) is 0 Å². The number of carbonyl (C=O) groups is 2. The lowest BCUT2D eigenvalue weighted by atomic mass is 10.0. The molecule has 0 saturated carbocycles. The highest BCUT2D eigenvalue weighted by atomic mass is 16.5. The van der Waals surface area contributed by atoms with Crippen LogP contribution in [0.1, 0.15) is 65.3 Å².